The molecule has 0 aromatic carbocycles. The second kappa shape index (κ2) is 39.4. The lowest BCUT2D eigenvalue weighted by atomic mass is 10.9. The normalized spacial score (nSPS) is 5.89. The molecule has 0 aliphatic carbocycles. The fourth-order valence-electron chi connectivity index (χ4n) is 0. The average molecular weight is 148 g/mol. The van der Waals surface area contributed by atoms with Crippen LogP contribution in [0, 0.1) is 0 Å². The van der Waals surface area contributed by atoms with Crippen molar-refractivity contribution in [2.45, 2.75) is 26.1 Å². The minimum absolute atomic E-state index is 0.250. The van der Waals surface area contributed by atoms with Gasteiger partial charge in [0.15, 0.2) is 0 Å². The minimum atomic E-state index is 0.250. The molecule has 0 atom stereocenters. The molecule has 0 unspecified atom stereocenters. The van der Waals surface area contributed by atoms with Crippen LogP contribution >= 0.6 is 0 Å². The molecule has 3 heteroatoms. The van der Waals surface area contributed by atoms with Crippen molar-refractivity contribution in [1.82, 2.24) is 0 Å². The first-order chi connectivity index (χ1) is 4.24. The maximum atomic E-state index is 7.57. The maximum absolute atomic E-state index is 7.57. The predicted molar refractivity (Wildman–Crippen MR) is 41.8 cm³/mol. The van der Waals surface area contributed by atoms with Crippen LogP contribution in [0.2, 0.25) is 5.28 Å². The van der Waals surface area contributed by atoms with Crippen molar-refractivity contribution in [3.8, 4) is 0 Å². The molecular formula is C6H17AlO2. The Kier molecular flexibility index (Phi) is 71.0. The van der Waals surface area contributed by atoms with E-state index in [9.17, 15) is 0 Å². The molecule has 0 spiro atoms. The van der Waals surface area contributed by atoms with Gasteiger partial charge in [-0.3, -0.25) is 0 Å². The molecule has 0 heterocycles. The van der Waals surface area contributed by atoms with Gasteiger partial charge < -0.3 is 10.2 Å². The van der Waals surface area contributed by atoms with E-state index in [1.165, 1.54) is 5.28 Å². The van der Waals surface area contributed by atoms with Gasteiger partial charge in [0.25, 0.3) is 0 Å². The van der Waals surface area contributed by atoms with Crippen LogP contribution in [0.3, 0.4) is 0 Å². The first-order valence-electron chi connectivity index (χ1n) is 3.16. The summed E-state index contributed by atoms with van der Waals surface area (Å²) >= 11 is 2.58. The predicted octanol–water partition coefficient (Wildman–Crippen LogP) is 0.590. The molecular weight excluding hydrogens is 131 g/mol. The molecule has 0 aromatic heterocycles. The topological polar surface area (TPSA) is 40.5 Å². The molecule has 0 saturated heterocycles. The van der Waals surface area contributed by atoms with E-state index in [2.05, 4.69) is 23.2 Å². The molecule has 0 fully saturated rings. The van der Waals surface area contributed by atoms with Gasteiger partial charge in [-0.05, 0) is 13.8 Å². The van der Waals surface area contributed by atoms with Gasteiger partial charge in [0, 0.05) is 13.2 Å². The van der Waals surface area contributed by atoms with E-state index in [0.29, 0.717) is 0 Å². The van der Waals surface area contributed by atoms with Gasteiger partial charge >= 0.3 is 0 Å². The molecule has 0 bridgehead atoms. The van der Waals surface area contributed by atoms with E-state index in [4.69, 9.17) is 10.2 Å². The van der Waals surface area contributed by atoms with Gasteiger partial charge in [0.05, 0.1) is 0 Å². The Morgan fingerprint density at radius 1 is 1.00 bits per heavy atom. The summed E-state index contributed by atoms with van der Waals surface area (Å²) in [5.74, 6) is 0. The highest BCUT2D eigenvalue weighted by molar-refractivity contribution is 6.08. The maximum Gasteiger partial charge on any atom is 0.117 e. The van der Waals surface area contributed by atoms with E-state index < -0.39 is 0 Å². The fourth-order valence-corrected chi connectivity index (χ4v) is 0. The molecule has 0 amide bonds. The van der Waals surface area contributed by atoms with Crippen LogP contribution in [0.15, 0.2) is 0 Å². The third kappa shape index (κ3) is 1720. The summed E-state index contributed by atoms with van der Waals surface area (Å²) in [5.41, 5.74) is 0. The van der Waals surface area contributed by atoms with Crippen molar-refractivity contribution in [3.05, 3.63) is 0 Å². The Hall–Kier alpha value is 0.452. The SMILES string of the molecule is CCO.CCO.C[CH2][Al]. The summed E-state index contributed by atoms with van der Waals surface area (Å²) in [7, 11) is 0. The molecule has 0 aliphatic rings. The molecule has 0 aromatic rings. The van der Waals surface area contributed by atoms with Crippen LogP contribution in [-0.4, -0.2) is 39.7 Å². The van der Waals surface area contributed by atoms with E-state index >= 15 is 0 Å². The van der Waals surface area contributed by atoms with Gasteiger partial charge in [-0.25, -0.2) is 0 Å². The second-order valence-electron chi connectivity index (χ2n) is 1.04. The third-order valence-electron chi connectivity index (χ3n) is 0. The lowest BCUT2D eigenvalue weighted by Gasteiger charge is -1.52. The van der Waals surface area contributed by atoms with Gasteiger partial charge in [-0.15, -0.1) is 5.28 Å². The van der Waals surface area contributed by atoms with Crippen molar-refractivity contribution in [3.63, 3.8) is 0 Å². The van der Waals surface area contributed by atoms with E-state index in [1.54, 1.807) is 13.8 Å². The summed E-state index contributed by atoms with van der Waals surface area (Å²) in [6.45, 7) is 5.95. The second-order valence-corrected chi connectivity index (χ2v) is 1.86. The van der Waals surface area contributed by atoms with Crippen LogP contribution in [0.1, 0.15) is 20.8 Å². The van der Waals surface area contributed by atoms with Crippen molar-refractivity contribution in [2.75, 3.05) is 13.2 Å². The zero-order chi connectivity index (χ0) is 8.12. The Balaban J connectivity index is -0.0000000600. The lowest BCUT2D eigenvalue weighted by molar-refractivity contribution is 0.318. The molecule has 0 rings (SSSR count). The highest BCUT2D eigenvalue weighted by atomic mass is 27.0. The molecule has 2 N–H and O–H groups in total. The minimum Gasteiger partial charge on any atom is -0.397 e. The van der Waals surface area contributed by atoms with E-state index in [-0.39, 0.29) is 13.2 Å². The van der Waals surface area contributed by atoms with Crippen LogP contribution in [0.25, 0.3) is 0 Å². The van der Waals surface area contributed by atoms with Gasteiger partial charge in [0.1, 0.15) is 16.3 Å². The van der Waals surface area contributed by atoms with E-state index in [1.807, 2.05) is 0 Å². The third-order valence-corrected chi connectivity index (χ3v) is 0. The van der Waals surface area contributed by atoms with Crippen molar-refractivity contribution >= 4 is 16.3 Å². The highest BCUT2D eigenvalue weighted by Gasteiger charge is 1.37. The number of hydrogen-bond donors (Lipinski definition) is 2. The molecule has 0 saturated carbocycles. The Morgan fingerprint density at radius 2 is 1.00 bits per heavy atom. The molecule has 56 valence electrons. The van der Waals surface area contributed by atoms with Crippen molar-refractivity contribution < 1.29 is 10.2 Å². The molecule has 0 aliphatic heterocycles. The summed E-state index contributed by atoms with van der Waals surface area (Å²) in [4.78, 5) is 0. The average Bonchev–Trinajstić information content (AvgIpc) is 1.70. The molecule has 2 radical (unpaired) electrons. The molecule has 9 heavy (non-hydrogen) atoms. The van der Waals surface area contributed by atoms with E-state index in [0.717, 1.165) is 0 Å². The Labute approximate surface area is 66.3 Å². The van der Waals surface area contributed by atoms with Gasteiger partial charge in [-0.1, -0.05) is 6.92 Å². The zero-order valence-electron chi connectivity index (χ0n) is 6.59. The number of rotatable bonds is 0. The van der Waals surface area contributed by atoms with Gasteiger partial charge in [0.2, 0.25) is 0 Å². The number of hydrogen-bond acceptors (Lipinski definition) is 2. The van der Waals surface area contributed by atoms with Crippen LogP contribution in [-0.2, 0) is 0 Å². The summed E-state index contributed by atoms with van der Waals surface area (Å²) in [5, 5.41) is 16.3. The largest absolute Gasteiger partial charge is 0.397 e. The Morgan fingerprint density at radius 3 is 1.00 bits per heavy atom. The fraction of sp³-hybridized carbons (Fsp3) is 1.00. The quantitative estimate of drug-likeness (QED) is 0.493. The summed E-state index contributed by atoms with van der Waals surface area (Å²) in [6.07, 6.45) is 0. The van der Waals surface area contributed by atoms with Crippen LogP contribution < -0.4 is 0 Å². The first-order valence-corrected chi connectivity index (χ1v) is 3.98. The van der Waals surface area contributed by atoms with Crippen molar-refractivity contribution in [2.24, 2.45) is 0 Å². The van der Waals surface area contributed by atoms with Crippen LogP contribution in [0.4, 0.5) is 0 Å². The molecule has 2 nitrogen and oxygen atoms in total. The number of aliphatic hydroxyl groups excluding tert-OH is 2. The highest BCUT2D eigenvalue weighted by Crippen LogP contribution is 1.49. The standard InChI is InChI=1S/2C2H6O.C2H5.Al/c2*1-2-3;1-2;/h2*3H,2H2,1H3;1H2,2H3;. The monoisotopic (exact) mass is 148 g/mol. The van der Waals surface area contributed by atoms with Crippen molar-refractivity contribution in [1.29, 1.82) is 0 Å². The summed E-state index contributed by atoms with van der Waals surface area (Å²) in [6, 6.07) is 0. The summed E-state index contributed by atoms with van der Waals surface area (Å²) < 4.78 is 0. The lowest BCUT2D eigenvalue weighted by Crippen LogP contribution is -1.57. The Bertz CT molecular complexity index is 15.8. The zero-order valence-corrected chi connectivity index (χ0v) is 7.75. The smallest absolute Gasteiger partial charge is 0.117 e. The van der Waals surface area contributed by atoms with Crippen LogP contribution in [0.5, 0.6) is 0 Å². The number of aliphatic hydroxyl groups is 2. The van der Waals surface area contributed by atoms with Gasteiger partial charge in [-0.2, -0.15) is 0 Å². The first kappa shape index (κ1) is 16.2.